The molecular formula is C10H18N8O6. The maximum Gasteiger partial charge on any atom is 0.343 e. The number of carbonyl (C=O) groups excluding carboxylic acids is 2. The highest BCUT2D eigenvalue weighted by atomic mass is 16.4. The first-order valence-electron chi connectivity index (χ1n) is 5.74. The number of nitrogens with two attached hydrogens (primary N) is 4. The second kappa shape index (κ2) is 13.2. The Morgan fingerprint density at radius 3 is 1.17 bits per heavy atom. The second-order valence-corrected chi connectivity index (χ2v) is 3.43. The van der Waals surface area contributed by atoms with E-state index >= 15 is 0 Å². The van der Waals surface area contributed by atoms with Gasteiger partial charge in [-0.05, 0) is 18.2 Å². The molecule has 134 valence electrons. The van der Waals surface area contributed by atoms with E-state index in [4.69, 9.17) is 10.2 Å². The summed E-state index contributed by atoms with van der Waals surface area (Å²) < 4.78 is 0. The van der Waals surface area contributed by atoms with Gasteiger partial charge in [0.15, 0.2) is 0 Å². The minimum Gasteiger partial charge on any atom is -0.478 e. The first-order valence-corrected chi connectivity index (χ1v) is 5.74. The molecule has 0 heterocycles. The largest absolute Gasteiger partial charge is 0.478 e. The van der Waals surface area contributed by atoms with Crippen molar-refractivity contribution in [3.63, 3.8) is 0 Å². The van der Waals surface area contributed by atoms with Gasteiger partial charge in [0.2, 0.25) is 0 Å². The fraction of sp³-hybridized carbons (Fsp3) is 0. The summed E-state index contributed by atoms with van der Waals surface area (Å²) >= 11 is 0. The molecule has 14 nitrogen and oxygen atoms in total. The maximum absolute atomic E-state index is 10.4. The van der Waals surface area contributed by atoms with Crippen LogP contribution in [0.1, 0.15) is 20.7 Å². The smallest absolute Gasteiger partial charge is 0.343 e. The standard InChI is InChI=1S/C8H6O4.2CH6N4O/c9-7(10)5-2-1-3-6(4-5)8(11)12;2*2-4-1(6)5-3/h1-4H,(H,9,10)(H,11,12);2*2-3H2,(H2,4,5,6). The molecule has 0 spiro atoms. The summed E-state index contributed by atoms with van der Waals surface area (Å²) in [5.41, 5.74) is 6.92. The number of nitrogens with one attached hydrogen (secondary N) is 4. The third-order valence-electron chi connectivity index (χ3n) is 1.88. The average Bonchev–Trinajstić information content (AvgIpc) is 2.61. The third kappa shape index (κ3) is 11.2. The van der Waals surface area contributed by atoms with Crippen LogP contribution in [0, 0.1) is 0 Å². The molecule has 0 atom stereocenters. The highest BCUT2D eigenvalue weighted by molar-refractivity contribution is 5.93. The molecule has 0 radical (unpaired) electrons. The molecule has 0 aliphatic carbocycles. The molecule has 0 fully saturated rings. The lowest BCUT2D eigenvalue weighted by atomic mass is 10.1. The minimum absolute atomic E-state index is 0.0186. The Labute approximate surface area is 135 Å². The number of rotatable bonds is 2. The van der Waals surface area contributed by atoms with Gasteiger partial charge in [0.25, 0.3) is 0 Å². The molecule has 4 amide bonds. The van der Waals surface area contributed by atoms with Crippen molar-refractivity contribution in [3.05, 3.63) is 35.4 Å². The second-order valence-electron chi connectivity index (χ2n) is 3.43. The third-order valence-corrected chi connectivity index (χ3v) is 1.88. The molecule has 0 saturated heterocycles. The van der Waals surface area contributed by atoms with Gasteiger partial charge in [-0.1, -0.05) is 6.07 Å². The van der Waals surface area contributed by atoms with Crippen LogP contribution < -0.4 is 45.1 Å². The van der Waals surface area contributed by atoms with Gasteiger partial charge in [-0.25, -0.2) is 42.5 Å². The van der Waals surface area contributed by atoms with Crippen molar-refractivity contribution in [1.82, 2.24) is 21.7 Å². The highest BCUT2D eigenvalue weighted by Crippen LogP contribution is 2.04. The first kappa shape index (κ1) is 22.8. The van der Waals surface area contributed by atoms with Crippen LogP contribution in [0.4, 0.5) is 9.59 Å². The van der Waals surface area contributed by atoms with Crippen LogP contribution in [0.5, 0.6) is 0 Å². The lowest BCUT2D eigenvalue weighted by molar-refractivity contribution is 0.0696. The van der Waals surface area contributed by atoms with E-state index in [9.17, 15) is 19.2 Å². The normalized spacial score (nSPS) is 8.17. The van der Waals surface area contributed by atoms with Gasteiger partial charge in [-0.15, -0.1) is 0 Å². The summed E-state index contributed by atoms with van der Waals surface area (Å²) in [5.74, 6) is 15.9. The van der Waals surface area contributed by atoms with Crippen LogP contribution in [-0.4, -0.2) is 34.2 Å². The quantitative estimate of drug-likeness (QED) is 0.149. The summed E-state index contributed by atoms with van der Waals surface area (Å²) in [6, 6.07) is 3.99. The van der Waals surface area contributed by atoms with Gasteiger partial charge in [0, 0.05) is 0 Å². The van der Waals surface area contributed by atoms with Crippen molar-refractivity contribution < 1.29 is 29.4 Å². The Balaban J connectivity index is 0. The molecule has 1 rings (SSSR count). The highest BCUT2D eigenvalue weighted by Gasteiger charge is 2.06. The van der Waals surface area contributed by atoms with Crippen molar-refractivity contribution in [2.75, 3.05) is 0 Å². The number of aromatic carboxylic acids is 2. The number of hydrogen-bond donors (Lipinski definition) is 10. The number of carboxylic acid groups (broad SMARTS) is 2. The van der Waals surface area contributed by atoms with Crippen LogP contribution in [0.3, 0.4) is 0 Å². The molecule has 14 heteroatoms. The Bertz CT molecular complexity index is 509. The number of carboxylic acids is 2. The molecule has 0 aliphatic heterocycles. The zero-order valence-corrected chi connectivity index (χ0v) is 12.1. The van der Waals surface area contributed by atoms with E-state index in [2.05, 4.69) is 23.4 Å². The average molecular weight is 346 g/mol. The Kier molecular flexibility index (Phi) is 12.6. The summed E-state index contributed by atoms with van der Waals surface area (Å²) in [6.07, 6.45) is 0. The molecule has 0 unspecified atom stereocenters. The summed E-state index contributed by atoms with van der Waals surface area (Å²) in [4.78, 5) is 40.2. The number of benzene rings is 1. The zero-order valence-electron chi connectivity index (χ0n) is 12.1. The van der Waals surface area contributed by atoms with Crippen molar-refractivity contribution in [2.24, 2.45) is 23.4 Å². The van der Waals surface area contributed by atoms with Gasteiger partial charge in [-0.2, -0.15) is 0 Å². The fourth-order valence-electron chi connectivity index (χ4n) is 0.869. The number of urea groups is 2. The van der Waals surface area contributed by atoms with Gasteiger partial charge in [0.1, 0.15) is 0 Å². The van der Waals surface area contributed by atoms with E-state index in [1.807, 2.05) is 0 Å². The topological polar surface area (TPSA) is 261 Å². The van der Waals surface area contributed by atoms with Crippen LogP contribution in [0.2, 0.25) is 0 Å². The molecule has 14 N–H and O–H groups in total. The molecule has 0 aromatic heterocycles. The lowest BCUT2D eigenvalue weighted by Gasteiger charge is -1.95. The van der Waals surface area contributed by atoms with Crippen LogP contribution in [-0.2, 0) is 0 Å². The molecule has 0 aliphatic rings. The van der Waals surface area contributed by atoms with Crippen LogP contribution >= 0.6 is 0 Å². The van der Waals surface area contributed by atoms with E-state index in [1.54, 1.807) is 21.7 Å². The van der Waals surface area contributed by atoms with Gasteiger partial charge in [0.05, 0.1) is 11.1 Å². The zero-order chi connectivity index (χ0) is 19.1. The SMILES string of the molecule is NNC(=O)NN.NNC(=O)NN.O=C(O)c1cccc(C(=O)O)c1. The van der Waals surface area contributed by atoms with Crippen molar-refractivity contribution in [2.45, 2.75) is 0 Å². The van der Waals surface area contributed by atoms with E-state index in [1.165, 1.54) is 18.2 Å². The summed E-state index contributed by atoms with van der Waals surface area (Å²) in [6.45, 7) is 0. The number of amides is 4. The predicted octanol–water partition coefficient (Wildman–Crippen LogP) is -2.85. The molecule has 0 saturated carbocycles. The summed E-state index contributed by atoms with van der Waals surface area (Å²) in [5, 5.41) is 17.0. The predicted molar refractivity (Wildman–Crippen MR) is 80.4 cm³/mol. The van der Waals surface area contributed by atoms with Gasteiger partial charge < -0.3 is 10.2 Å². The van der Waals surface area contributed by atoms with Crippen molar-refractivity contribution in [3.8, 4) is 0 Å². The number of hydrazine groups is 4. The minimum atomic E-state index is -1.13. The first-order chi connectivity index (χ1) is 11.2. The molecule has 24 heavy (non-hydrogen) atoms. The Hall–Kier alpha value is -3.46. The van der Waals surface area contributed by atoms with Crippen molar-refractivity contribution >= 4 is 24.0 Å². The molecule has 1 aromatic carbocycles. The van der Waals surface area contributed by atoms with E-state index in [-0.39, 0.29) is 11.1 Å². The van der Waals surface area contributed by atoms with Crippen molar-refractivity contribution in [1.29, 1.82) is 0 Å². The number of hydrogen-bond acceptors (Lipinski definition) is 8. The number of carbonyl (C=O) groups is 4. The van der Waals surface area contributed by atoms with E-state index in [0.29, 0.717) is 0 Å². The van der Waals surface area contributed by atoms with E-state index < -0.39 is 24.0 Å². The Morgan fingerprint density at radius 2 is 1.00 bits per heavy atom. The van der Waals surface area contributed by atoms with Crippen LogP contribution in [0.15, 0.2) is 24.3 Å². The molecular weight excluding hydrogens is 328 g/mol. The molecule has 0 bridgehead atoms. The Morgan fingerprint density at radius 1 is 0.708 bits per heavy atom. The monoisotopic (exact) mass is 346 g/mol. The maximum atomic E-state index is 10.4. The van der Waals surface area contributed by atoms with Crippen LogP contribution in [0.25, 0.3) is 0 Å². The van der Waals surface area contributed by atoms with Gasteiger partial charge >= 0.3 is 24.0 Å². The summed E-state index contributed by atoms with van der Waals surface area (Å²) in [7, 11) is 0. The van der Waals surface area contributed by atoms with Gasteiger partial charge in [-0.3, -0.25) is 21.7 Å². The fourth-order valence-corrected chi connectivity index (χ4v) is 0.869. The molecule has 1 aromatic rings. The lowest BCUT2D eigenvalue weighted by Crippen LogP contribution is -2.43. The van der Waals surface area contributed by atoms with E-state index in [0.717, 1.165) is 6.07 Å².